The highest BCUT2D eigenvalue weighted by molar-refractivity contribution is 5.82. The van der Waals surface area contributed by atoms with Gasteiger partial charge in [0.05, 0.1) is 0 Å². The minimum Gasteiger partial charge on any atom is -0.422 e. The number of unbranched alkanes of at least 4 members (excludes halogenated alkanes) is 8. The molecule has 0 aliphatic rings. The summed E-state index contributed by atoms with van der Waals surface area (Å²) in [5.74, 6) is -1.20. The van der Waals surface area contributed by atoms with Gasteiger partial charge in [-0.3, -0.25) is 0 Å². The average Bonchev–Trinajstić information content (AvgIpc) is 2.55. The average molecular weight is 326 g/mol. The van der Waals surface area contributed by atoms with E-state index in [4.69, 9.17) is 14.6 Å². The van der Waals surface area contributed by atoms with E-state index in [1.165, 1.54) is 25.7 Å². The SMILES string of the molecule is C=CC(=O)OC(CCCCCCCCCCCO)OC(=O)C=C. The highest BCUT2D eigenvalue weighted by Gasteiger charge is 2.15. The minimum atomic E-state index is -0.871. The Labute approximate surface area is 139 Å². The molecule has 0 aliphatic carbocycles. The monoisotopic (exact) mass is 326 g/mol. The lowest BCUT2D eigenvalue weighted by Crippen LogP contribution is -2.23. The van der Waals surface area contributed by atoms with Crippen LogP contribution in [0, 0.1) is 0 Å². The summed E-state index contributed by atoms with van der Waals surface area (Å²) in [6, 6.07) is 0. The summed E-state index contributed by atoms with van der Waals surface area (Å²) in [5.41, 5.74) is 0. The maximum atomic E-state index is 11.2. The third-order valence-electron chi connectivity index (χ3n) is 3.43. The second-order valence-electron chi connectivity index (χ2n) is 5.41. The van der Waals surface area contributed by atoms with Crippen LogP contribution >= 0.6 is 0 Å². The normalized spacial score (nSPS) is 10.3. The van der Waals surface area contributed by atoms with Crippen molar-refractivity contribution in [2.75, 3.05) is 6.61 Å². The van der Waals surface area contributed by atoms with Crippen LogP contribution in [-0.4, -0.2) is 29.9 Å². The second-order valence-corrected chi connectivity index (χ2v) is 5.41. The van der Waals surface area contributed by atoms with Crippen LogP contribution in [0.4, 0.5) is 0 Å². The van der Waals surface area contributed by atoms with Gasteiger partial charge < -0.3 is 14.6 Å². The summed E-state index contributed by atoms with van der Waals surface area (Å²) in [6.07, 6.45) is 11.4. The maximum absolute atomic E-state index is 11.2. The first-order chi connectivity index (χ1) is 11.1. The molecule has 0 aromatic rings. The molecule has 0 unspecified atom stereocenters. The summed E-state index contributed by atoms with van der Waals surface area (Å²) in [5, 5.41) is 8.68. The number of esters is 2. The Kier molecular flexibility index (Phi) is 14.2. The number of aliphatic hydroxyl groups excluding tert-OH is 1. The first-order valence-electron chi connectivity index (χ1n) is 8.41. The Morgan fingerprint density at radius 1 is 0.783 bits per heavy atom. The predicted molar refractivity (Wildman–Crippen MR) is 89.6 cm³/mol. The van der Waals surface area contributed by atoms with Crippen LogP contribution in [0.15, 0.2) is 25.3 Å². The largest absolute Gasteiger partial charge is 0.422 e. The molecule has 1 N–H and O–H groups in total. The van der Waals surface area contributed by atoms with Gasteiger partial charge in [-0.1, -0.05) is 58.1 Å². The molecular formula is C18H30O5. The fourth-order valence-corrected chi connectivity index (χ4v) is 2.16. The Balaban J connectivity index is 3.73. The summed E-state index contributed by atoms with van der Waals surface area (Å²) < 4.78 is 9.97. The molecule has 0 saturated heterocycles. The molecule has 132 valence electrons. The van der Waals surface area contributed by atoms with Crippen LogP contribution in [0.1, 0.15) is 64.2 Å². The number of ether oxygens (including phenoxy) is 2. The highest BCUT2D eigenvalue weighted by Crippen LogP contribution is 2.13. The van der Waals surface area contributed by atoms with E-state index in [-0.39, 0.29) is 6.61 Å². The Morgan fingerprint density at radius 2 is 1.17 bits per heavy atom. The van der Waals surface area contributed by atoms with Crippen LogP contribution in [0.5, 0.6) is 0 Å². The van der Waals surface area contributed by atoms with E-state index in [1.807, 2.05) is 0 Å². The van der Waals surface area contributed by atoms with Crippen molar-refractivity contribution >= 4 is 11.9 Å². The molecule has 0 aromatic heterocycles. The number of rotatable bonds is 15. The summed E-state index contributed by atoms with van der Waals surface area (Å²) in [4.78, 5) is 22.4. The van der Waals surface area contributed by atoms with Crippen molar-refractivity contribution in [2.24, 2.45) is 0 Å². The Bertz CT molecular complexity index is 329. The smallest absolute Gasteiger partial charge is 0.333 e. The van der Waals surface area contributed by atoms with Gasteiger partial charge in [-0.25, -0.2) is 9.59 Å². The van der Waals surface area contributed by atoms with Gasteiger partial charge in [0, 0.05) is 25.2 Å². The lowest BCUT2D eigenvalue weighted by Gasteiger charge is -2.16. The molecule has 0 aromatic carbocycles. The predicted octanol–water partition coefficient (Wildman–Crippen LogP) is 3.66. The molecule has 0 saturated carbocycles. The second kappa shape index (κ2) is 15.3. The molecule has 0 bridgehead atoms. The number of carbonyl (C=O) groups is 2. The van der Waals surface area contributed by atoms with Gasteiger partial charge in [-0.2, -0.15) is 0 Å². The van der Waals surface area contributed by atoms with Gasteiger partial charge in [-0.05, 0) is 12.8 Å². The third kappa shape index (κ3) is 13.7. The zero-order valence-electron chi connectivity index (χ0n) is 14.0. The number of hydrogen-bond acceptors (Lipinski definition) is 5. The van der Waals surface area contributed by atoms with Crippen molar-refractivity contribution < 1.29 is 24.2 Å². The van der Waals surface area contributed by atoms with Gasteiger partial charge in [0.15, 0.2) is 0 Å². The molecule has 5 heteroatoms. The number of hydrogen-bond donors (Lipinski definition) is 1. The fraction of sp³-hybridized carbons (Fsp3) is 0.667. The van der Waals surface area contributed by atoms with Crippen molar-refractivity contribution in [3.63, 3.8) is 0 Å². The first kappa shape index (κ1) is 21.4. The van der Waals surface area contributed by atoms with Gasteiger partial charge in [0.25, 0.3) is 0 Å². The van der Waals surface area contributed by atoms with E-state index in [0.717, 1.165) is 44.3 Å². The quantitative estimate of drug-likeness (QED) is 0.215. The molecule has 0 amide bonds. The van der Waals surface area contributed by atoms with E-state index in [1.54, 1.807) is 0 Å². The zero-order chi connectivity index (χ0) is 17.3. The van der Waals surface area contributed by atoms with Crippen LogP contribution in [0.3, 0.4) is 0 Å². The molecule has 0 atom stereocenters. The number of carbonyl (C=O) groups excluding carboxylic acids is 2. The lowest BCUT2D eigenvalue weighted by molar-refractivity contribution is -0.182. The van der Waals surface area contributed by atoms with Gasteiger partial charge in [0.2, 0.25) is 6.29 Å². The van der Waals surface area contributed by atoms with Gasteiger partial charge in [-0.15, -0.1) is 0 Å². The first-order valence-corrected chi connectivity index (χ1v) is 8.41. The van der Waals surface area contributed by atoms with Crippen molar-refractivity contribution in [1.82, 2.24) is 0 Å². The molecule has 0 rings (SSSR count). The van der Waals surface area contributed by atoms with Crippen molar-refractivity contribution in [3.05, 3.63) is 25.3 Å². The Hall–Kier alpha value is -1.62. The van der Waals surface area contributed by atoms with E-state index < -0.39 is 18.2 Å². The van der Waals surface area contributed by atoms with E-state index in [2.05, 4.69) is 13.2 Å². The topological polar surface area (TPSA) is 72.8 Å². The van der Waals surface area contributed by atoms with E-state index >= 15 is 0 Å². The molecule has 5 nitrogen and oxygen atoms in total. The molecule has 0 fully saturated rings. The molecule has 0 aliphatic heterocycles. The molecule has 0 radical (unpaired) electrons. The fourth-order valence-electron chi connectivity index (χ4n) is 2.16. The Morgan fingerprint density at radius 3 is 1.57 bits per heavy atom. The van der Waals surface area contributed by atoms with Gasteiger partial charge in [0.1, 0.15) is 0 Å². The van der Waals surface area contributed by atoms with Crippen molar-refractivity contribution in [2.45, 2.75) is 70.5 Å². The third-order valence-corrected chi connectivity index (χ3v) is 3.43. The number of aliphatic hydroxyl groups is 1. The van der Waals surface area contributed by atoms with Crippen LogP contribution in [0.2, 0.25) is 0 Å². The molecule has 0 heterocycles. The van der Waals surface area contributed by atoms with E-state index in [9.17, 15) is 9.59 Å². The summed E-state index contributed by atoms with van der Waals surface area (Å²) in [7, 11) is 0. The highest BCUT2D eigenvalue weighted by atomic mass is 16.7. The van der Waals surface area contributed by atoms with Gasteiger partial charge >= 0.3 is 11.9 Å². The van der Waals surface area contributed by atoms with Crippen LogP contribution < -0.4 is 0 Å². The lowest BCUT2D eigenvalue weighted by atomic mass is 10.1. The van der Waals surface area contributed by atoms with Crippen molar-refractivity contribution in [3.8, 4) is 0 Å². The molecule has 23 heavy (non-hydrogen) atoms. The minimum absolute atomic E-state index is 0.286. The zero-order valence-corrected chi connectivity index (χ0v) is 14.0. The summed E-state index contributed by atoms with van der Waals surface area (Å²) in [6.45, 7) is 6.93. The summed E-state index contributed by atoms with van der Waals surface area (Å²) >= 11 is 0. The maximum Gasteiger partial charge on any atom is 0.333 e. The van der Waals surface area contributed by atoms with Crippen LogP contribution in [-0.2, 0) is 19.1 Å². The molecule has 0 spiro atoms. The molecular weight excluding hydrogens is 296 g/mol. The van der Waals surface area contributed by atoms with Crippen molar-refractivity contribution in [1.29, 1.82) is 0 Å². The van der Waals surface area contributed by atoms with E-state index in [0.29, 0.717) is 6.42 Å². The van der Waals surface area contributed by atoms with Crippen LogP contribution in [0.25, 0.3) is 0 Å². The standard InChI is InChI=1S/C18H30O5/c1-3-16(20)22-18(23-17(21)4-2)14-12-10-8-6-5-7-9-11-13-15-19/h3-4,18-19H,1-2,5-15H2.